The lowest BCUT2D eigenvalue weighted by atomic mass is 10.1. The molecule has 3 rings (SSSR count). The lowest BCUT2D eigenvalue weighted by Gasteiger charge is -2.11. The predicted molar refractivity (Wildman–Crippen MR) is 110 cm³/mol. The number of rotatable bonds is 8. The Morgan fingerprint density at radius 1 is 1.26 bits per heavy atom. The molecule has 0 amide bonds. The topological polar surface area (TPSA) is 112 Å². The molecule has 0 aliphatic heterocycles. The highest BCUT2D eigenvalue weighted by molar-refractivity contribution is 5.81. The van der Waals surface area contributed by atoms with Gasteiger partial charge >= 0.3 is 6.61 Å². The standard InChI is InChI=1S/C21H17F2N5O3/c1-2-30-17-10-13(8-9-16(17)31-20(22)23)12-25-28-21-26-18(14-6-4-3-5-7-14)15(11-24)19(29)27-21/h3-10,12,20H,2H2,1H3,(H2,26,27,28,29). The SMILES string of the molecule is CCOc1cc(C=NNc2nc(-c3ccccc3)c(C#N)c(=O)[nH]2)ccc1OC(F)F. The van der Waals surface area contributed by atoms with Crippen LogP contribution in [-0.4, -0.2) is 29.4 Å². The van der Waals surface area contributed by atoms with Crippen LogP contribution in [0.3, 0.4) is 0 Å². The van der Waals surface area contributed by atoms with Crippen LogP contribution >= 0.6 is 0 Å². The van der Waals surface area contributed by atoms with Crippen LogP contribution in [0.15, 0.2) is 58.4 Å². The zero-order valence-electron chi connectivity index (χ0n) is 16.3. The fourth-order valence-electron chi connectivity index (χ4n) is 2.67. The van der Waals surface area contributed by atoms with Gasteiger partial charge in [-0.1, -0.05) is 30.3 Å². The van der Waals surface area contributed by atoms with E-state index in [4.69, 9.17) is 4.74 Å². The van der Waals surface area contributed by atoms with Crippen LogP contribution in [0, 0.1) is 11.3 Å². The van der Waals surface area contributed by atoms with Crippen molar-refractivity contribution < 1.29 is 18.3 Å². The van der Waals surface area contributed by atoms with Crippen molar-refractivity contribution in [3.05, 3.63) is 70.0 Å². The van der Waals surface area contributed by atoms with E-state index in [0.29, 0.717) is 11.1 Å². The molecular weight excluding hydrogens is 408 g/mol. The number of nitriles is 1. The van der Waals surface area contributed by atoms with E-state index >= 15 is 0 Å². The van der Waals surface area contributed by atoms with Gasteiger partial charge in [0.1, 0.15) is 11.6 Å². The number of hydrogen-bond donors (Lipinski definition) is 2. The van der Waals surface area contributed by atoms with Crippen molar-refractivity contribution in [1.82, 2.24) is 9.97 Å². The van der Waals surface area contributed by atoms with Crippen molar-refractivity contribution in [3.63, 3.8) is 0 Å². The van der Waals surface area contributed by atoms with E-state index < -0.39 is 12.2 Å². The maximum absolute atomic E-state index is 12.5. The van der Waals surface area contributed by atoms with Crippen LogP contribution in [0.1, 0.15) is 18.1 Å². The van der Waals surface area contributed by atoms with Crippen molar-refractivity contribution in [2.24, 2.45) is 5.10 Å². The van der Waals surface area contributed by atoms with E-state index in [1.54, 1.807) is 37.3 Å². The van der Waals surface area contributed by atoms with Crippen molar-refractivity contribution >= 4 is 12.2 Å². The van der Waals surface area contributed by atoms with Gasteiger partial charge < -0.3 is 9.47 Å². The zero-order valence-corrected chi connectivity index (χ0v) is 16.3. The van der Waals surface area contributed by atoms with Gasteiger partial charge in [0.05, 0.1) is 18.5 Å². The van der Waals surface area contributed by atoms with Gasteiger partial charge in [-0.3, -0.25) is 9.78 Å². The first kappa shape index (κ1) is 21.4. The highest BCUT2D eigenvalue weighted by Gasteiger charge is 2.13. The lowest BCUT2D eigenvalue weighted by molar-refractivity contribution is -0.0514. The van der Waals surface area contributed by atoms with E-state index in [0.717, 1.165) is 0 Å². The summed E-state index contributed by atoms with van der Waals surface area (Å²) < 4.78 is 34.7. The smallest absolute Gasteiger partial charge is 0.387 e. The number of aromatic nitrogens is 2. The Bertz CT molecular complexity index is 1170. The molecule has 0 aliphatic rings. The molecule has 0 unspecified atom stereocenters. The summed E-state index contributed by atoms with van der Waals surface area (Å²) >= 11 is 0. The number of alkyl halides is 2. The summed E-state index contributed by atoms with van der Waals surface area (Å²) in [7, 11) is 0. The maximum Gasteiger partial charge on any atom is 0.387 e. The summed E-state index contributed by atoms with van der Waals surface area (Å²) in [5.41, 5.74) is 3.22. The molecule has 0 bridgehead atoms. The second kappa shape index (κ2) is 9.98. The Labute approximate surface area is 175 Å². The summed E-state index contributed by atoms with van der Waals surface area (Å²) in [6, 6.07) is 15.0. The zero-order chi connectivity index (χ0) is 22.2. The number of aromatic amines is 1. The molecule has 0 fully saturated rings. The van der Waals surface area contributed by atoms with Gasteiger partial charge in [0, 0.05) is 5.56 Å². The molecule has 2 N–H and O–H groups in total. The van der Waals surface area contributed by atoms with E-state index in [2.05, 4.69) is 25.2 Å². The number of anilines is 1. The third-order valence-corrected chi connectivity index (χ3v) is 3.95. The first-order chi connectivity index (χ1) is 15.0. The molecule has 158 valence electrons. The molecule has 0 atom stereocenters. The minimum absolute atomic E-state index is 0.0294. The number of nitrogens with zero attached hydrogens (tertiary/aromatic N) is 3. The Kier molecular flexibility index (Phi) is 6.90. The second-order valence-electron chi connectivity index (χ2n) is 6.00. The number of ether oxygens (including phenoxy) is 2. The molecule has 0 radical (unpaired) electrons. The molecule has 8 nitrogen and oxygen atoms in total. The molecule has 10 heteroatoms. The number of hydrazone groups is 1. The number of benzene rings is 2. The van der Waals surface area contributed by atoms with Crippen LogP contribution < -0.4 is 20.5 Å². The van der Waals surface area contributed by atoms with E-state index in [-0.39, 0.29) is 35.3 Å². The Morgan fingerprint density at radius 3 is 2.71 bits per heavy atom. The molecule has 0 spiro atoms. The second-order valence-corrected chi connectivity index (χ2v) is 6.00. The number of H-pyrrole nitrogens is 1. The highest BCUT2D eigenvalue weighted by Crippen LogP contribution is 2.29. The van der Waals surface area contributed by atoms with Gasteiger partial charge in [-0.05, 0) is 30.7 Å². The largest absolute Gasteiger partial charge is 0.490 e. The fraction of sp³-hybridized carbons (Fsp3) is 0.143. The highest BCUT2D eigenvalue weighted by atomic mass is 19.3. The van der Waals surface area contributed by atoms with E-state index in [1.807, 2.05) is 6.07 Å². The third-order valence-electron chi connectivity index (χ3n) is 3.95. The molecule has 1 aromatic heterocycles. The van der Waals surface area contributed by atoms with Gasteiger partial charge in [-0.2, -0.15) is 19.1 Å². The minimum atomic E-state index is -2.97. The Balaban J connectivity index is 1.84. The first-order valence-corrected chi connectivity index (χ1v) is 9.12. The normalized spacial score (nSPS) is 10.8. The molecule has 0 saturated carbocycles. The molecule has 0 aliphatic carbocycles. The van der Waals surface area contributed by atoms with Gasteiger partial charge in [0.2, 0.25) is 5.95 Å². The monoisotopic (exact) mass is 425 g/mol. The number of nitrogens with one attached hydrogen (secondary N) is 2. The molecular formula is C21H17F2N5O3. The van der Waals surface area contributed by atoms with Crippen LogP contribution in [0.4, 0.5) is 14.7 Å². The molecule has 0 saturated heterocycles. The molecule has 1 heterocycles. The van der Waals surface area contributed by atoms with Gasteiger partial charge in [-0.25, -0.2) is 10.4 Å². The van der Waals surface area contributed by atoms with Crippen LogP contribution in [0.2, 0.25) is 0 Å². The summed E-state index contributed by atoms with van der Waals surface area (Å²) in [4.78, 5) is 19.0. The Morgan fingerprint density at radius 2 is 2.03 bits per heavy atom. The van der Waals surface area contributed by atoms with Crippen molar-refractivity contribution in [3.8, 4) is 28.8 Å². The van der Waals surface area contributed by atoms with Crippen LogP contribution in [0.25, 0.3) is 11.3 Å². The average molecular weight is 425 g/mol. The van der Waals surface area contributed by atoms with Gasteiger partial charge in [0.25, 0.3) is 5.56 Å². The van der Waals surface area contributed by atoms with Gasteiger partial charge in [-0.15, -0.1) is 0 Å². The van der Waals surface area contributed by atoms with Crippen LogP contribution in [0.5, 0.6) is 11.5 Å². The Hall–Kier alpha value is -4.26. The first-order valence-electron chi connectivity index (χ1n) is 9.12. The number of halogens is 2. The quantitative estimate of drug-likeness (QED) is 0.420. The average Bonchev–Trinajstić information content (AvgIpc) is 2.75. The number of hydrogen-bond acceptors (Lipinski definition) is 7. The predicted octanol–water partition coefficient (Wildman–Crippen LogP) is 3.75. The fourth-order valence-corrected chi connectivity index (χ4v) is 2.67. The summed E-state index contributed by atoms with van der Waals surface area (Å²) in [5.74, 6) is 0.0809. The summed E-state index contributed by atoms with van der Waals surface area (Å²) in [5, 5.41) is 13.3. The van der Waals surface area contributed by atoms with E-state index in [9.17, 15) is 18.8 Å². The third kappa shape index (κ3) is 5.42. The van der Waals surface area contributed by atoms with Gasteiger partial charge in [0.15, 0.2) is 11.5 Å². The van der Waals surface area contributed by atoms with E-state index in [1.165, 1.54) is 24.4 Å². The molecule has 3 aromatic rings. The minimum Gasteiger partial charge on any atom is -0.490 e. The summed E-state index contributed by atoms with van der Waals surface area (Å²) in [6.45, 7) is -0.999. The molecule has 2 aromatic carbocycles. The lowest BCUT2D eigenvalue weighted by Crippen LogP contribution is -2.16. The molecule has 31 heavy (non-hydrogen) atoms. The maximum atomic E-state index is 12.5. The van der Waals surface area contributed by atoms with Crippen molar-refractivity contribution in [2.75, 3.05) is 12.0 Å². The summed E-state index contributed by atoms with van der Waals surface area (Å²) in [6.07, 6.45) is 1.38. The van der Waals surface area contributed by atoms with Crippen molar-refractivity contribution in [1.29, 1.82) is 5.26 Å². The van der Waals surface area contributed by atoms with Crippen molar-refractivity contribution in [2.45, 2.75) is 13.5 Å². The van der Waals surface area contributed by atoms with Crippen LogP contribution in [-0.2, 0) is 0 Å².